The number of rotatable bonds is 0. The maximum atomic E-state index is 3.38. The molecule has 0 spiro atoms. The molecule has 0 saturated heterocycles. The van der Waals surface area contributed by atoms with Crippen molar-refractivity contribution in [2.24, 2.45) is 0 Å². The highest BCUT2D eigenvalue weighted by Crippen LogP contribution is 2.36. The zero-order chi connectivity index (χ0) is 24.8. The summed E-state index contributed by atoms with van der Waals surface area (Å²) in [6.45, 7) is 0. The SMILES string of the molecule is [c]1cccc2cc3cc4cc5ccc6cc7cc8cc9ccccc9cc8cc7cc6c5cc4cc3cc12. The van der Waals surface area contributed by atoms with Crippen LogP contribution in [0.25, 0.3) is 86.2 Å². The summed E-state index contributed by atoms with van der Waals surface area (Å²) < 4.78 is 0. The molecule has 0 saturated carbocycles. The van der Waals surface area contributed by atoms with Crippen LogP contribution in [-0.4, -0.2) is 0 Å². The molecule has 9 rings (SSSR count). The van der Waals surface area contributed by atoms with Gasteiger partial charge in [-0.25, -0.2) is 0 Å². The third-order valence-corrected chi connectivity index (χ3v) is 8.30. The molecule has 0 N–H and O–H groups in total. The Balaban J connectivity index is 1.32. The van der Waals surface area contributed by atoms with Crippen LogP contribution in [0.1, 0.15) is 0 Å². The monoisotopic (exact) mass is 477 g/mol. The summed E-state index contributed by atoms with van der Waals surface area (Å²) in [5, 5.41) is 20.4. The van der Waals surface area contributed by atoms with Crippen LogP contribution in [0.3, 0.4) is 0 Å². The minimum atomic E-state index is 1.16. The first kappa shape index (κ1) is 20.2. The molecule has 0 heteroatoms. The van der Waals surface area contributed by atoms with Gasteiger partial charge in [0.15, 0.2) is 0 Å². The van der Waals surface area contributed by atoms with E-state index in [2.05, 4.69) is 127 Å². The van der Waals surface area contributed by atoms with Crippen molar-refractivity contribution in [3.05, 3.63) is 133 Å². The predicted octanol–water partition coefficient (Wildman–Crippen LogP) is 10.7. The third kappa shape index (κ3) is 2.92. The van der Waals surface area contributed by atoms with Crippen molar-refractivity contribution in [1.82, 2.24) is 0 Å². The van der Waals surface area contributed by atoms with Crippen molar-refractivity contribution in [3.63, 3.8) is 0 Å². The van der Waals surface area contributed by atoms with Gasteiger partial charge in [0.05, 0.1) is 0 Å². The molecular weight excluding hydrogens is 456 g/mol. The van der Waals surface area contributed by atoms with Crippen LogP contribution in [0, 0.1) is 6.07 Å². The summed E-state index contributed by atoms with van der Waals surface area (Å²) >= 11 is 0. The molecule has 0 nitrogen and oxygen atoms in total. The molecule has 9 aromatic carbocycles. The Morgan fingerprint density at radius 2 is 0.684 bits per heavy atom. The fourth-order valence-corrected chi connectivity index (χ4v) is 6.37. The molecule has 0 atom stereocenters. The second-order valence-corrected chi connectivity index (χ2v) is 10.6. The van der Waals surface area contributed by atoms with Gasteiger partial charge in [-0.15, -0.1) is 0 Å². The zero-order valence-corrected chi connectivity index (χ0v) is 20.6. The first-order chi connectivity index (χ1) is 18.7. The molecule has 0 aliphatic heterocycles. The molecule has 1 radical (unpaired) electrons. The lowest BCUT2D eigenvalue weighted by Gasteiger charge is -2.11. The van der Waals surface area contributed by atoms with Crippen LogP contribution in [-0.2, 0) is 0 Å². The fourth-order valence-electron chi connectivity index (χ4n) is 6.37. The van der Waals surface area contributed by atoms with Crippen molar-refractivity contribution < 1.29 is 0 Å². The van der Waals surface area contributed by atoms with Crippen LogP contribution >= 0.6 is 0 Å². The second kappa shape index (κ2) is 7.31. The second-order valence-electron chi connectivity index (χ2n) is 10.6. The topological polar surface area (TPSA) is 0 Å². The van der Waals surface area contributed by atoms with Crippen molar-refractivity contribution in [2.45, 2.75) is 0 Å². The van der Waals surface area contributed by atoms with Gasteiger partial charge in [0.2, 0.25) is 0 Å². The molecule has 0 bridgehead atoms. The summed E-state index contributed by atoms with van der Waals surface area (Å²) in [5.74, 6) is 0. The van der Waals surface area contributed by atoms with Gasteiger partial charge >= 0.3 is 0 Å². The van der Waals surface area contributed by atoms with E-state index in [1.54, 1.807) is 0 Å². The number of fused-ring (bicyclic) bond motifs is 9. The summed E-state index contributed by atoms with van der Waals surface area (Å²) in [7, 11) is 0. The van der Waals surface area contributed by atoms with E-state index in [4.69, 9.17) is 0 Å². The first-order valence-corrected chi connectivity index (χ1v) is 13.2. The van der Waals surface area contributed by atoms with E-state index in [0.29, 0.717) is 0 Å². The molecular formula is C38H21. The van der Waals surface area contributed by atoms with Gasteiger partial charge in [-0.2, -0.15) is 0 Å². The largest absolute Gasteiger partial charge is 0.0616 e. The van der Waals surface area contributed by atoms with Gasteiger partial charge in [-0.3, -0.25) is 0 Å². The Bertz CT molecular complexity index is 2270. The van der Waals surface area contributed by atoms with E-state index in [9.17, 15) is 0 Å². The molecule has 0 unspecified atom stereocenters. The molecule has 0 heterocycles. The normalized spacial score (nSPS) is 12.2. The molecule has 38 heavy (non-hydrogen) atoms. The van der Waals surface area contributed by atoms with E-state index in [0.717, 1.165) is 5.39 Å². The van der Waals surface area contributed by atoms with Crippen molar-refractivity contribution >= 4 is 86.2 Å². The minimum absolute atomic E-state index is 1.16. The maximum absolute atomic E-state index is 3.38. The Kier molecular flexibility index (Phi) is 3.88. The Morgan fingerprint density at radius 3 is 1.24 bits per heavy atom. The molecule has 9 aromatic rings. The van der Waals surface area contributed by atoms with Gasteiger partial charge in [-0.05, 0) is 165 Å². The van der Waals surface area contributed by atoms with E-state index in [-0.39, 0.29) is 0 Å². The minimum Gasteiger partial charge on any atom is -0.0616 e. The number of hydrogen-bond donors (Lipinski definition) is 0. The lowest BCUT2D eigenvalue weighted by molar-refractivity contribution is 1.78. The third-order valence-electron chi connectivity index (χ3n) is 8.30. The molecule has 0 fully saturated rings. The average molecular weight is 478 g/mol. The number of benzene rings is 9. The Hall–Kier alpha value is -4.94. The van der Waals surface area contributed by atoms with Crippen LogP contribution in [0.4, 0.5) is 0 Å². The van der Waals surface area contributed by atoms with Crippen molar-refractivity contribution in [2.75, 3.05) is 0 Å². The van der Waals surface area contributed by atoms with Crippen LogP contribution in [0.15, 0.2) is 127 Å². The smallest absolute Gasteiger partial charge is 0.00988 e. The van der Waals surface area contributed by atoms with Crippen LogP contribution in [0.2, 0.25) is 0 Å². The molecule has 0 aliphatic carbocycles. The lowest BCUT2D eigenvalue weighted by atomic mass is 9.93. The summed E-state index contributed by atoms with van der Waals surface area (Å²) in [5.41, 5.74) is 0. The van der Waals surface area contributed by atoms with Gasteiger partial charge in [-0.1, -0.05) is 54.6 Å². The summed E-state index contributed by atoms with van der Waals surface area (Å²) in [4.78, 5) is 0. The molecule has 173 valence electrons. The Morgan fingerprint density at radius 1 is 0.289 bits per heavy atom. The zero-order valence-electron chi connectivity index (χ0n) is 20.6. The van der Waals surface area contributed by atoms with Crippen LogP contribution < -0.4 is 0 Å². The lowest BCUT2D eigenvalue weighted by Crippen LogP contribution is -1.84. The Labute approximate surface area is 219 Å². The molecule has 0 aliphatic rings. The predicted molar refractivity (Wildman–Crippen MR) is 165 cm³/mol. The summed E-state index contributed by atoms with van der Waals surface area (Å²) in [6, 6.07) is 50.8. The quantitative estimate of drug-likeness (QED) is 0.150. The first-order valence-electron chi connectivity index (χ1n) is 13.2. The molecule has 0 aromatic heterocycles. The van der Waals surface area contributed by atoms with E-state index in [1.165, 1.54) is 80.8 Å². The maximum Gasteiger partial charge on any atom is -0.00988 e. The van der Waals surface area contributed by atoms with E-state index in [1.807, 2.05) is 6.07 Å². The standard InChI is InChI=1S/C38H21/c1-3-7-25-13-31-19-35-21-37-27(15-33(35)17-29(31)11-23(25)5-1)9-10-28-16-34-18-30-12-24-6-2-4-8-26(24)14-32(30)20-36(34)22-38(28)37/h1-7,9-22H. The van der Waals surface area contributed by atoms with Crippen LogP contribution in [0.5, 0.6) is 0 Å². The van der Waals surface area contributed by atoms with E-state index >= 15 is 0 Å². The van der Waals surface area contributed by atoms with Gasteiger partial charge in [0, 0.05) is 0 Å². The van der Waals surface area contributed by atoms with Gasteiger partial charge < -0.3 is 0 Å². The van der Waals surface area contributed by atoms with Crippen molar-refractivity contribution in [3.8, 4) is 0 Å². The highest BCUT2D eigenvalue weighted by Gasteiger charge is 2.08. The summed E-state index contributed by atoms with van der Waals surface area (Å²) in [6.07, 6.45) is 0. The van der Waals surface area contributed by atoms with Crippen molar-refractivity contribution in [1.29, 1.82) is 0 Å². The van der Waals surface area contributed by atoms with E-state index < -0.39 is 0 Å². The van der Waals surface area contributed by atoms with Gasteiger partial charge in [0.25, 0.3) is 0 Å². The molecule has 0 amide bonds. The fraction of sp³-hybridized carbons (Fsp3) is 0. The average Bonchev–Trinajstić information content (AvgIpc) is 2.95. The highest BCUT2D eigenvalue weighted by atomic mass is 14.1. The van der Waals surface area contributed by atoms with Gasteiger partial charge in [0.1, 0.15) is 0 Å². The number of hydrogen-bond acceptors (Lipinski definition) is 0. The highest BCUT2D eigenvalue weighted by molar-refractivity contribution is 6.18.